The normalized spacial score (nSPS) is 10.1. The van der Waals surface area contributed by atoms with E-state index in [1.165, 1.54) is 6.26 Å². The molecule has 0 spiro atoms. The van der Waals surface area contributed by atoms with E-state index in [1.807, 2.05) is 31.1 Å². The Hall–Kier alpha value is -2.76. The minimum Gasteiger partial charge on any atom is -0.467 e. The highest BCUT2D eigenvalue weighted by Gasteiger charge is 2.10. The minimum absolute atomic E-state index is 0.226. The number of furan rings is 1. The van der Waals surface area contributed by atoms with E-state index in [4.69, 9.17) is 4.42 Å². The van der Waals surface area contributed by atoms with Crippen molar-refractivity contribution in [1.82, 2.24) is 5.32 Å². The molecule has 0 saturated carbocycles. The summed E-state index contributed by atoms with van der Waals surface area (Å²) in [6.07, 6.45) is 1.31. The Morgan fingerprint density at radius 1 is 1.09 bits per heavy atom. The number of carbonyl (C=O) groups is 2. The maximum atomic E-state index is 11.8. The molecule has 2 amide bonds. The molecule has 0 aliphatic heterocycles. The summed E-state index contributed by atoms with van der Waals surface area (Å²) < 4.78 is 5.10. The van der Waals surface area contributed by atoms with Gasteiger partial charge in [0.05, 0.1) is 12.8 Å². The number of nitrogens with zero attached hydrogens (tertiary/aromatic N) is 1. The average molecular weight is 301 g/mol. The van der Waals surface area contributed by atoms with Gasteiger partial charge in [0.2, 0.25) is 11.8 Å². The van der Waals surface area contributed by atoms with Gasteiger partial charge in [-0.1, -0.05) is 0 Å². The fraction of sp³-hybridized carbons (Fsp3) is 0.250. The van der Waals surface area contributed by atoms with Crippen LogP contribution in [0.4, 0.5) is 11.4 Å². The molecule has 0 aliphatic carbocycles. The van der Waals surface area contributed by atoms with E-state index in [2.05, 4.69) is 10.6 Å². The zero-order valence-corrected chi connectivity index (χ0v) is 12.6. The Morgan fingerprint density at radius 3 is 2.41 bits per heavy atom. The SMILES string of the molecule is CN(C)c1ccc(NC(=O)CC(=O)NCc2ccco2)cc1. The van der Waals surface area contributed by atoms with Crippen molar-refractivity contribution in [3.05, 3.63) is 48.4 Å². The number of rotatable bonds is 6. The van der Waals surface area contributed by atoms with Gasteiger partial charge in [-0.2, -0.15) is 0 Å². The standard InChI is InChI=1S/C16H19N3O3/c1-19(2)13-7-5-12(6-8-13)18-16(21)10-15(20)17-11-14-4-3-9-22-14/h3-9H,10-11H2,1-2H3,(H,17,20)(H,18,21). The van der Waals surface area contributed by atoms with Crippen molar-refractivity contribution in [3.63, 3.8) is 0 Å². The van der Waals surface area contributed by atoms with E-state index >= 15 is 0 Å². The molecule has 116 valence electrons. The first kappa shape index (κ1) is 15.6. The van der Waals surface area contributed by atoms with Crippen LogP contribution in [0.5, 0.6) is 0 Å². The molecule has 1 heterocycles. The Labute approximate surface area is 129 Å². The van der Waals surface area contributed by atoms with Crippen LogP contribution in [-0.4, -0.2) is 25.9 Å². The molecule has 0 bridgehead atoms. The van der Waals surface area contributed by atoms with Gasteiger partial charge in [0.15, 0.2) is 0 Å². The van der Waals surface area contributed by atoms with Crippen LogP contribution in [0.2, 0.25) is 0 Å². The van der Waals surface area contributed by atoms with Gasteiger partial charge in [-0.3, -0.25) is 9.59 Å². The van der Waals surface area contributed by atoms with Gasteiger partial charge in [-0.05, 0) is 36.4 Å². The molecule has 0 radical (unpaired) electrons. The van der Waals surface area contributed by atoms with Crippen LogP contribution in [0.1, 0.15) is 12.2 Å². The van der Waals surface area contributed by atoms with E-state index < -0.39 is 0 Å². The van der Waals surface area contributed by atoms with Crippen LogP contribution in [0.25, 0.3) is 0 Å². The predicted molar refractivity (Wildman–Crippen MR) is 84.6 cm³/mol. The summed E-state index contributed by atoms with van der Waals surface area (Å²) in [6, 6.07) is 10.9. The van der Waals surface area contributed by atoms with Gasteiger partial charge in [0.1, 0.15) is 12.2 Å². The summed E-state index contributed by atoms with van der Waals surface area (Å²) >= 11 is 0. The van der Waals surface area contributed by atoms with E-state index in [0.717, 1.165) is 5.69 Å². The topological polar surface area (TPSA) is 74.6 Å². The first-order valence-corrected chi connectivity index (χ1v) is 6.91. The summed E-state index contributed by atoms with van der Waals surface area (Å²) in [5.74, 6) is -0.0543. The zero-order valence-electron chi connectivity index (χ0n) is 12.6. The van der Waals surface area contributed by atoms with E-state index in [-0.39, 0.29) is 24.8 Å². The number of anilines is 2. The first-order chi connectivity index (χ1) is 10.5. The molecule has 0 saturated heterocycles. The van der Waals surface area contributed by atoms with Crippen LogP contribution < -0.4 is 15.5 Å². The van der Waals surface area contributed by atoms with E-state index in [9.17, 15) is 9.59 Å². The summed E-state index contributed by atoms with van der Waals surface area (Å²) in [5, 5.41) is 5.32. The minimum atomic E-state index is -0.352. The van der Waals surface area contributed by atoms with Crippen LogP contribution in [0.3, 0.4) is 0 Å². The van der Waals surface area contributed by atoms with Crippen molar-refractivity contribution in [3.8, 4) is 0 Å². The van der Waals surface area contributed by atoms with Crippen LogP contribution >= 0.6 is 0 Å². The molecule has 2 aromatic rings. The van der Waals surface area contributed by atoms with Gasteiger partial charge in [0.25, 0.3) is 0 Å². The maximum Gasteiger partial charge on any atom is 0.233 e. The highest BCUT2D eigenvalue weighted by Crippen LogP contribution is 2.15. The molecule has 6 nitrogen and oxygen atoms in total. The molecule has 22 heavy (non-hydrogen) atoms. The van der Waals surface area contributed by atoms with Gasteiger partial charge < -0.3 is 20.0 Å². The lowest BCUT2D eigenvalue weighted by Gasteiger charge is -2.13. The van der Waals surface area contributed by atoms with Crippen molar-refractivity contribution in [2.24, 2.45) is 0 Å². The third-order valence-corrected chi connectivity index (χ3v) is 3.03. The number of amides is 2. The number of hydrogen-bond donors (Lipinski definition) is 2. The molecule has 6 heteroatoms. The summed E-state index contributed by atoms with van der Waals surface area (Å²) in [5.41, 5.74) is 1.70. The van der Waals surface area contributed by atoms with Gasteiger partial charge >= 0.3 is 0 Å². The lowest BCUT2D eigenvalue weighted by molar-refractivity contribution is -0.127. The Morgan fingerprint density at radius 2 is 1.82 bits per heavy atom. The fourth-order valence-electron chi connectivity index (χ4n) is 1.86. The molecule has 0 unspecified atom stereocenters. The lowest BCUT2D eigenvalue weighted by Crippen LogP contribution is -2.27. The van der Waals surface area contributed by atoms with E-state index in [0.29, 0.717) is 11.4 Å². The quantitative estimate of drug-likeness (QED) is 0.800. The maximum absolute atomic E-state index is 11.8. The van der Waals surface area contributed by atoms with Gasteiger partial charge in [0, 0.05) is 25.5 Å². The molecule has 0 atom stereocenters. The Bertz CT molecular complexity index is 619. The molecule has 0 fully saturated rings. The molecule has 1 aromatic heterocycles. The molecule has 0 aliphatic rings. The van der Waals surface area contributed by atoms with Crippen molar-refractivity contribution in [2.75, 3.05) is 24.3 Å². The number of hydrogen-bond acceptors (Lipinski definition) is 4. The largest absolute Gasteiger partial charge is 0.467 e. The van der Waals surface area contributed by atoms with Crippen LogP contribution in [0.15, 0.2) is 47.1 Å². The highest BCUT2D eigenvalue weighted by atomic mass is 16.3. The second-order valence-corrected chi connectivity index (χ2v) is 5.02. The predicted octanol–water partition coefficient (Wildman–Crippen LogP) is 1.99. The highest BCUT2D eigenvalue weighted by molar-refractivity contribution is 6.03. The zero-order chi connectivity index (χ0) is 15.9. The second-order valence-electron chi connectivity index (χ2n) is 5.02. The summed E-state index contributed by atoms with van der Waals surface area (Å²) in [7, 11) is 3.88. The Balaban J connectivity index is 1.78. The molecule has 2 N–H and O–H groups in total. The van der Waals surface area contributed by atoms with Gasteiger partial charge in [-0.25, -0.2) is 0 Å². The first-order valence-electron chi connectivity index (χ1n) is 6.91. The second kappa shape index (κ2) is 7.31. The van der Waals surface area contributed by atoms with Crippen molar-refractivity contribution >= 4 is 23.2 Å². The third kappa shape index (κ3) is 4.66. The van der Waals surface area contributed by atoms with Crippen molar-refractivity contribution in [1.29, 1.82) is 0 Å². The summed E-state index contributed by atoms with van der Waals surface area (Å²) in [4.78, 5) is 25.4. The molecule has 1 aromatic carbocycles. The lowest BCUT2D eigenvalue weighted by atomic mass is 10.2. The van der Waals surface area contributed by atoms with Crippen molar-refractivity contribution in [2.45, 2.75) is 13.0 Å². The number of carbonyl (C=O) groups excluding carboxylic acids is 2. The van der Waals surface area contributed by atoms with Crippen LogP contribution in [-0.2, 0) is 16.1 Å². The third-order valence-electron chi connectivity index (χ3n) is 3.03. The summed E-state index contributed by atoms with van der Waals surface area (Å²) in [6.45, 7) is 0.274. The van der Waals surface area contributed by atoms with Crippen molar-refractivity contribution < 1.29 is 14.0 Å². The number of nitrogens with one attached hydrogen (secondary N) is 2. The van der Waals surface area contributed by atoms with Gasteiger partial charge in [-0.15, -0.1) is 0 Å². The fourth-order valence-corrected chi connectivity index (χ4v) is 1.86. The van der Waals surface area contributed by atoms with Crippen LogP contribution in [0, 0.1) is 0 Å². The molecular formula is C16H19N3O3. The number of benzene rings is 1. The molecule has 2 rings (SSSR count). The van der Waals surface area contributed by atoms with E-state index in [1.54, 1.807) is 24.3 Å². The average Bonchev–Trinajstić information content (AvgIpc) is 2.99. The molecular weight excluding hydrogens is 282 g/mol. The monoisotopic (exact) mass is 301 g/mol. The Kier molecular flexibility index (Phi) is 5.19. The smallest absolute Gasteiger partial charge is 0.233 e.